The Morgan fingerprint density at radius 1 is 1.19 bits per heavy atom. The highest BCUT2D eigenvalue weighted by atomic mass is 32.2. The van der Waals surface area contributed by atoms with E-state index in [1.165, 1.54) is 13.0 Å². The Morgan fingerprint density at radius 2 is 1.85 bits per heavy atom. The lowest BCUT2D eigenvalue weighted by Gasteiger charge is -2.33. The maximum absolute atomic E-state index is 12.4. The van der Waals surface area contributed by atoms with Crippen molar-refractivity contribution in [3.05, 3.63) is 29.8 Å². The number of hydrogen-bond donors (Lipinski definition) is 0. The van der Waals surface area contributed by atoms with Gasteiger partial charge in [-0.15, -0.1) is 0 Å². The number of piperazine rings is 1. The lowest BCUT2D eigenvalue weighted by molar-refractivity contribution is -0.134. The second-order valence-electron chi connectivity index (χ2n) is 6.21. The van der Waals surface area contributed by atoms with Crippen LogP contribution >= 0.6 is 0 Å². The first-order valence-corrected chi connectivity index (χ1v) is 10.1. The highest BCUT2D eigenvalue weighted by Gasteiger charge is 2.23. The van der Waals surface area contributed by atoms with E-state index in [9.17, 15) is 22.8 Å². The smallest absolute Gasteiger partial charge is 0.232 e. The van der Waals surface area contributed by atoms with Gasteiger partial charge in [-0.25, -0.2) is 8.42 Å². The van der Waals surface area contributed by atoms with Crippen LogP contribution in [0.15, 0.2) is 24.3 Å². The quantitative estimate of drug-likeness (QED) is 0.502. The monoisotopic (exact) mass is 381 g/mol. The van der Waals surface area contributed by atoms with Crippen molar-refractivity contribution in [1.29, 1.82) is 0 Å². The molecule has 1 aromatic rings. The normalized spacial score (nSPS) is 14.8. The second-order valence-corrected chi connectivity index (χ2v) is 8.12. The molecule has 1 heterocycles. The van der Waals surface area contributed by atoms with Gasteiger partial charge in [-0.1, -0.05) is 12.1 Å². The molecule has 1 aliphatic heterocycles. The van der Waals surface area contributed by atoms with Crippen molar-refractivity contribution in [2.24, 2.45) is 0 Å². The molecule has 2 rings (SSSR count). The van der Waals surface area contributed by atoms with Crippen LogP contribution < -0.4 is 4.31 Å². The number of Topliss-reactive ketones (excluding diaryl/α,β-unsaturated/α-hetero) is 1. The number of nitrogens with zero attached hydrogens (tertiary/aromatic N) is 3. The number of carbonyl (C=O) groups is 3. The molecular formula is C17H23N3O5S. The molecule has 0 N–H and O–H groups in total. The number of sulfonamides is 1. The van der Waals surface area contributed by atoms with Crippen molar-refractivity contribution in [3.8, 4) is 0 Å². The summed E-state index contributed by atoms with van der Waals surface area (Å²) in [5, 5.41) is 0. The first-order valence-electron chi connectivity index (χ1n) is 8.28. The SMILES string of the molecule is CC(=O)c1cccc(N(CCC(=O)N2CCN(C=O)CC2)S(C)(=O)=O)c1. The van der Waals surface area contributed by atoms with E-state index < -0.39 is 10.0 Å². The van der Waals surface area contributed by atoms with Gasteiger partial charge in [0.15, 0.2) is 5.78 Å². The van der Waals surface area contributed by atoms with E-state index in [0.717, 1.165) is 17.0 Å². The molecule has 142 valence electrons. The summed E-state index contributed by atoms with van der Waals surface area (Å²) in [7, 11) is -3.60. The fraction of sp³-hybridized carbons (Fsp3) is 0.471. The summed E-state index contributed by atoms with van der Waals surface area (Å²) in [6.45, 7) is 3.24. The fourth-order valence-electron chi connectivity index (χ4n) is 2.80. The van der Waals surface area contributed by atoms with Crippen LogP contribution in [0.5, 0.6) is 0 Å². The molecule has 9 heteroatoms. The predicted octanol–water partition coefficient (Wildman–Crippen LogP) is 0.346. The highest BCUT2D eigenvalue weighted by molar-refractivity contribution is 7.92. The average molecular weight is 381 g/mol. The Hall–Kier alpha value is -2.42. The first kappa shape index (κ1) is 19.9. The highest BCUT2D eigenvalue weighted by Crippen LogP contribution is 2.20. The van der Waals surface area contributed by atoms with E-state index in [4.69, 9.17) is 0 Å². The molecular weight excluding hydrogens is 358 g/mol. The molecule has 0 spiro atoms. The van der Waals surface area contributed by atoms with Crippen LogP contribution in [0.25, 0.3) is 0 Å². The van der Waals surface area contributed by atoms with Crippen LogP contribution in [0.1, 0.15) is 23.7 Å². The number of ketones is 1. The molecule has 8 nitrogen and oxygen atoms in total. The van der Waals surface area contributed by atoms with Gasteiger partial charge in [0.2, 0.25) is 22.3 Å². The Morgan fingerprint density at radius 3 is 2.38 bits per heavy atom. The van der Waals surface area contributed by atoms with Gasteiger partial charge in [-0.05, 0) is 19.1 Å². The van der Waals surface area contributed by atoms with Crippen LogP contribution in [-0.4, -0.2) is 75.3 Å². The molecule has 2 amide bonds. The van der Waals surface area contributed by atoms with Crippen LogP contribution in [0.3, 0.4) is 0 Å². The van der Waals surface area contributed by atoms with Crippen molar-refractivity contribution in [1.82, 2.24) is 9.80 Å². The van der Waals surface area contributed by atoms with Crippen LogP contribution in [-0.2, 0) is 19.6 Å². The van der Waals surface area contributed by atoms with E-state index in [-0.39, 0.29) is 24.7 Å². The lowest BCUT2D eigenvalue weighted by Crippen LogP contribution is -2.48. The Bertz CT molecular complexity index is 785. The standard InChI is InChI=1S/C17H23N3O5S/c1-14(22)15-4-3-5-16(12-15)20(26(2,24)25)7-6-17(23)19-10-8-18(13-21)9-11-19/h3-5,12-13H,6-11H2,1-2H3. The van der Waals surface area contributed by atoms with Gasteiger partial charge in [0, 0.05) is 44.7 Å². The first-order chi connectivity index (χ1) is 12.2. The van der Waals surface area contributed by atoms with Crippen molar-refractivity contribution >= 4 is 33.8 Å². The zero-order valence-electron chi connectivity index (χ0n) is 14.9. The van der Waals surface area contributed by atoms with Gasteiger partial charge in [-0.2, -0.15) is 0 Å². The minimum atomic E-state index is -3.60. The summed E-state index contributed by atoms with van der Waals surface area (Å²) < 4.78 is 25.4. The number of benzene rings is 1. The van der Waals surface area contributed by atoms with Gasteiger partial charge >= 0.3 is 0 Å². The number of hydrogen-bond acceptors (Lipinski definition) is 5. The lowest BCUT2D eigenvalue weighted by atomic mass is 10.1. The zero-order chi connectivity index (χ0) is 19.3. The summed E-state index contributed by atoms with van der Waals surface area (Å²) >= 11 is 0. The van der Waals surface area contributed by atoms with Crippen LogP contribution in [0.2, 0.25) is 0 Å². The van der Waals surface area contributed by atoms with E-state index in [1.54, 1.807) is 28.0 Å². The topological polar surface area (TPSA) is 95.1 Å². The third kappa shape index (κ3) is 5.04. The minimum absolute atomic E-state index is 0.00702. The van der Waals surface area contributed by atoms with Crippen molar-refractivity contribution in [3.63, 3.8) is 0 Å². The number of anilines is 1. The van der Waals surface area contributed by atoms with Gasteiger partial charge in [0.25, 0.3) is 0 Å². The Labute approximate surface area is 153 Å². The molecule has 1 saturated heterocycles. The summed E-state index contributed by atoms with van der Waals surface area (Å²) in [5.41, 5.74) is 0.770. The average Bonchev–Trinajstić information content (AvgIpc) is 2.61. The molecule has 1 aromatic carbocycles. The molecule has 0 atom stereocenters. The molecule has 0 saturated carbocycles. The molecule has 0 radical (unpaired) electrons. The molecule has 1 aliphatic rings. The van der Waals surface area contributed by atoms with E-state index >= 15 is 0 Å². The van der Waals surface area contributed by atoms with Gasteiger partial charge in [0.05, 0.1) is 11.9 Å². The van der Waals surface area contributed by atoms with Crippen molar-refractivity contribution in [2.45, 2.75) is 13.3 Å². The fourth-order valence-corrected chi connectivity index (χ4v) is 3.72. The Kier molecular flexibility index (Phi) is 6.36. The summed E-state index contributed by atoms with van der Waals surface area (Å²) in [5.74, 6) is -0.323. The third-order valence-electron chi connectivity index (χ3n) is 4.29. The van der Waals surface area contributed by atoms with Crippen molar-refractivity contribution in [2.75, 3.05) is 43.3 Å². The molecule has 0 aliphatic carbocycles. The van der Waals surface area contributed by atoms with Gasteiger partial charge in [0.1, 0.15) is 0 Å². The molecule has 0 aromatic heterocycles. The molecule has 1 fully saturated rings. The minimum Gasteiger partial charge on any atom is -0.342 e. The summed E-state index contributed by atoms with van der Waals surface area (Å²) in [6, 6.07) is 6.34. The van der Waals surface area contributed by atoms with Crippen LogP contribution in [0, 0.1) is 0 Å². The molecule has 26 heavy (non-hydrogen) atoms. The predicted molar refractivity (Wildman–Crippen MR) is 97.5 cm³/mol. The maximum Gasteiger partial charge on any atom is 0.232 e. The molecule has 0 bridgehead atoms. The number of amides is 2. The summed E-state index contributed by atoms with van der Waals surface area (Å²) in [6.07, 6.45) is 1.86. The maximum atomic E-state index is 12.4. The Balaban J connectivity index is 2.08. The van der Waals surface area contributed by atoms with Crippen molar-refractivity contribution < 1.29 is 22.8 Å². The number of carbonyl (C=O) groups excluding carboxylic acids is 3. The number of rotatable bonds is 7. The van der Waals surface area contributed by atoms with E-state index in [0.29, 0.717) is 37.4 Å². The summed E-state index contributed by atoms with van der Waals surface area (Å²) in [4.78, 5) is 37.9. The van der Waals surface area contributed by atoms with E-state index in [1.807, 2.05) is 0 Å². The largest absolute Gasteiger partial charge is 0.342 e. The van der Waals surface area contributed by atoms with Crippen LogP contribution in [0.4, 0.5) is 5.69 Å². The van der Waals surface area contributed by atoms with Gasteiger partial charge < -0.3 is 9.80 Å². The molecule has 0 unspecified atom stereocenters. The van der Waals surface area contributed by atoms with E-state index in [2.05, 4.69) is 0 Å². The van der Waals surface area contributed by atoms with Gasteiger partial charge in [-0.3, -0.25) is 18.7 Å². The third-order valence-corrected chi connectivity index (χ3v) is 5.48. The second kappa shape index (κ2) is 8.31. The zero-order valence-corrected chi connectivity index (χ0v) is 15.7.